The molecule has 3 aromatic heterocycles. The maximum atomic E-state index is 15.0. The third-order valence-corrected chi connectivity index (χ3v) is 7.82. The van der Waals surface area contributed by atoms with Crippen LogP contribution in [0.15, 0.2) is 41.8 Å². The van der Waals surface area contributed by atoms with Crippen molar-refractivity contribution in [3.63, 3.8) is 0 Å². The van der Waals surface area contributed by atoms with E-state index < -0.39 is 40.3 Å². The summed E-state index contributed by atoms with van der Waals surface area (Å²) >= 11 is 1.41. The number of anilines is 1. The van der Waals surface area contributed by atoms with Crippen LogP contribution < -0.4 is 4.90 Å². The lowest BCUT2D eigenvalue weighted by atomic mass is 9.92. The molecular formula is C28H19F4N5OS. The SMILES string of the molecule is N#Cc1c(-c2c(F)c(F)c(O)c(F)c2F)nc2n[nH]c(-c3cccs3)c2c1-c1ccc(N2CCCCC2)cc1. The van der Waals surface area contributed by atoms with Crippen molar-refractivity contribution < 1.29 is 22.7 Å². The lowest BCUT2D eigenvalue weighted by molar-refractivity contribution is 0.358. The smallest absolute Gasteiger partial charge is 0.204 e. The molecular weight excluding hydrogens is 530 g/mol. The largest absolute Gasteiger partial charge is 0.503 e. The number of aromatic nitrogens is 3. The topological polar surface area (TPSA) is 88.8 Å². The highest BCUT2D eigenvalue weighted by Gasteiger charge is 2.31. The van der Waals surface area contributed by atoms with Gasteiger partial charge in [0.2, 0.25) is 11.6 Å². The molecule has 11 heteroatoms. The zero-order valence-corrected chi connectivity index (χ0v) is 21.0. The van der Waals surface area contributed by atoms with Crippen LogP contribution in [-0.4, -0.2) is 33.4 Å². The van der Waals surface area contributed by atoms with Crippen LogP contribution in [0.4, 0.5) is 23.2 Å². The Morgan fingerprint density at radius 1 is 0.923 bits per heavy atom. The Morgan fingerprint density at radius 3 is 2.23 bits per heavy atom. The van der Waals surface area contributed by atoms with Crippen LogP contribution in [0.1, 0.15) is 24.8 Å². The number of phenols is 1. The molecule has 0 unspecified atom stereocenters. The molecule has 6 rings (SSSR count). The van der Waals surface area contributed by atoms with Gasteiger partial charge >= 0.3 is 0 Å². The zero-order valence-electron chi connectivity index (χ0n) is 20.2. The number of fused-ring (bicyclic) bond motifs is 1. The number of hydrogen-bond donors (Lipinski definition) is 2. The minimum atomic E-state index is -1.98. The van der Waals surface area contributed by atoms with E-state index in [1.54, 1.807) is 12.1 Å². The van der Waals surface area contributed by atoms with Crippen LogP contribution in [-0.2, 0) is 0 Å². The summed E-state index contributed by atoms with van der Waals surface area (Å²) in [6, 6.07) is 13.0. The van der Waals surface area contributed by atoms with E-state index in [1.165, 1.54) is 17.8 Å². The Morgan fingerprint density at radius 2 is 1.62 bits per heavy atom. The Labute approximate surface area is 223 Å². The monoisotopic (exact) mass is 549 g/mol. The molecule has 1 fully saturated rings. The van der Waals surface area contributed by atoms with Crippen molar-refractivity contribution in [3.8, 4) is 44.8 Å². The molecule has 6 nitrogen and oxygen atoms in total. The molecule has 5 aromatic rings. The van der Waals surface area contributed by atoms with Gasteiger partial charge in [0.15, 0.2) is 23.0 Å². The standard InChI is InChI=1S/C28H19F4N5OS/c29-21-20(22(30)24(32)27(38)23(21)31)25-16(13-33)18(14-6-8-15(9-7-14)37-10-2-1-3-11-37)19-26(17-5-4-12-39-17)35-36-28(19)34-25/h4-9,12,38H,1-3,10-11H2,(H,34,35,36). The number of thiophene rings is 1. The minimum absolute atomic E-state index is 0.00445. The average Bonchev–Trinajstić information content (AvgIpc) is 3.65. The van der Waals surface area contributed by atoms with Gasteiger partial charge in [-0.3, -0.25) is 5.10 Å². The number of halogens is 4. The lowest BCUT2D eigenvalue weighted by Gasteiger charge is -2.29. The molecule has 0 aliphatic carbocycles. The van der Waals surface area contributed by atoms with Gasteiger partial charge in [-0.2, -0.15) is 19.1 Å². The number of phenolic OH excluding ortho intramolecular Hbond substituents is 1. The molecule has 196 valence electrons. The third-order valence-electron chi connectivity index (χ3n) is 6.94. The van der Waals surface area contributed by atoms with Gasteiger partial charge in [0, 0.05) is 24.3 Å². The van der Waals surface area contributed by atoms with Gasteiger partial charge in [-0.05, 0) is 48.4 Å². The maximum Gasteiger partial charge on any atom is 0.204 e. The van der Waals surface area contributed by atoms with Gasteiger partial charge in [0.1, 0.15) is 6.07 Å². The highest BCUT2D eigenvalue weighted by Crippen LogP contribution is 2.44. The normalized spacial score (nSPS) is 13.7. The fraction of sp³-hybridized carbons (Fsp3) is 0.179. The number of H-pyrrole nitrogens is 1. The predicted octanol–water partition coefficient (Wildman–Crippen LogP) is 7.14. The molecule has 1 aliphatic heterocycles. The molecule has 1 saturated heterocycles. The molecule has 0 spiro atoms. The fourth-order valence-corrected chi connectivity index (χ4v) is 5.78. The van der Waals surface area contributed by atoms with E-state index in [1.807, 2.05) is 35.7 Å². The quantitative estimate of drug-likeness (QED) is 0.184. The minimum Gasteiger partial charge on any atom is -0.503 e. The van der Waals surface area contributed by atoms with Crippen molar-refractivity contribution in [1.29, 1.82) is 5.26 Å². The van der Waals surface area contributed by atoms with E-state index in [0.717, 1.165) is 36.5 Å². The number of rotatable bonds is 4. The summed E-state index contributed by atoms with van der Waals surface area (Å²) in [5.41, 5.74) is 0.186. The summed E-state index contributed by atoms with van der Waals surface area (Å²) in [4.78, 5) is 7.23. The Bertz CT molecular complexity index is 1730. The third kappa shape index (κ3) is 3.99. The van der Waals surface area contributed by atoms with Crippen molar-refractivity contribution in [3.05, 3.63) is 70.6 Å². The molecule has 2 N–H and O–H groups in total. The summed E-state index contributed by atoms with van der Waals surface area (Å²) in [6.07, 6.45) is 3.35. The summed E-state index contributed by atoms with van der Waals surface area (Å²) in [5.74, 6) is -9.49. The van der Waals surface area contributed by atoms with Crippen LogP contribution >= 0.6 is 11.3 Å². The van der Waals surface area contributed by atoms with Crippen LogP contribution in [0, 0.1) is 34.6 Å². The van der Waals surface area contributed by atoms with E-state index in [9.17, 15) is 19.1 Å². The number of piperidine rings is 1. The lowest BCUT2D eigenvalue weighted by Crippen LogP contribution is -2.29. The van der Waals surface area contributed by atoms with Gasteiger partial charge in [0.05, 0.1) is 32.8 Å². The number of nitrogens with zero attached hydrogens (tertiary/aromatic N) is 4. The highest BCUT2D eigenvalue weighted by molar-refractivity contribution is 7.13. The summed E-state index contributed by atoms with van der Waals surface area (Å²) < 4.78 is 58.7. The van der Waals surface area contributed by atoms with Gasteiger partial charge in [-0.15, -0.1) is 11.3 Å². The second-order valence-corrected chi connectivity index (χ2v) is 10.1. The van der Waals surface area contributed by atoms with Crippen LogP contribution in [0.3, 0.4) is 0 Å². The predicted molar refractivity (Wildman–Crippen MR) is 140 cm³/mol. The first-order valence-electron chi connectivity index (χ1n) is 12.2. The molecule has 0 radical (unpaired) electrons. The van der Waals surface area contributed by atoms with Gasteiger partial charge in [-0.25, -0.2) is 13.8 Å². The van der Waals surface area contributed by atoms with E-state index >= 15 is 8.78 Å². The Balaban J connectivity index is 1.65. The van der Waals surface area contributed by atoms with Crippen LogP contribution in [0.25, 0.3) is 44.0 Å². The molecule has 39 heavy (non-hydrogen) atoms. The van der Waals surface area contributed by atoms with Gasteiger partial charge in [-0.1, -0.05) is 18.2 Å². The highest BCUT2D eigenvalue weighted by atomic mass is 32.1. The number of nitrogens with one attached hydrogen (secondary N) is 1. The van der Waals surface area contributed by atoms with Crippen molar-refractivity contribution in [1.82, 2.24) is 15.2 Å². The van der Waals surface area contributed by atoms with Gasteiger partial charge < -0.3 is 10.0 Å². The summed E-state index contributed by atoms with van der Waals surface area (Å²) in [7, 11) is 0. The van der Waals surface area contributed by atoms with Crippen LogP contribution in [0.5, 0.6) is 5.75 Å². The van der Waals surface area contributed by atoms with Crippen molar-refractivity contribution in [2.24, 2.45) is 0 Å². The first kappa shape index (κ1) is 24.9. The van der Waals surface area contributed by atoms with Crippen molar-refractivity contribution >= 4 is 28.1 Å². The summed E-state index contributed by atoms with van der Waals surface area (Å²) in [5, 5.41) is 29.1. The molecule has 2 aromatic carbocycles. The Kier molecular flexibility index (Phi) is 6.19. The molecule has 0 amide bonds. The van der Waals surface area contributed by atoms with E-state index in [-0.39, 0.29) is 16.8 Å². The molecule has 4 heterocycles. The summed E-state index contributed by atoms with van der Waals surface area (Å²) in [6.45, 7) is 1.85. The Hall–Kier alpha value is -4.43. The van der Waals surface area contributed by atoms with Crippen molar-refractivity contribution in [2.45, 2.75) is 19.3 Å². The second-order valence-electron chi connectivity index (χ2n) is 9.17. The average molecular weight is 550 g/mol. The number of nitriles is 1. The van der Waals surface area contributed by atoms with Crippen molar-refractivity contribution in [2.75, 3.05) is 18.0 Å². The number of pyridine rings is 1. The number of hydrogen-bond acceptors (Lipinski definition) is 6. The maximum absolute atomic E-state index is 15.0. The molecule has 0 bridgehead atoms. The van der Waals surface area contributed by atoms with E-state index in [4.69, 9.17) is 0 Å². The number of aromatic hydroxyl groups is 1. The van der Waals surface area contributed by atoms with E-state index in [2.05, 4.69) is 20.1 Å². The van der Waals surface area contributed by atoms with Gasteiger partial charge in [0.25, 0.3) is 0 Å². The second kappa shape index (κ2) is 9.71. The zero-order chi connectivity index (χ0) is 27.3. The van der Waals surface area contributed by atoms with Crippen LogP contribution in [0.2, 0.25) is 0 Å². The first-order valence-corrected chi connectivity index (χ1v) is 13.0. The number of benzene rings is 2. The molecule has 0 atom stereocenters. The fourth-order valence-electron chi connectivity index (χ4n) is 5.05. The number of aromatic amines is 1. The van der Waals surface area contributed by atoms with E-state index in [0.29, 0.717) is 16.6 Å². The first-order chi connectivity index (χ1) is 18.9. The molecule has 1 aliphatic rings. The molecule has 0 saturated carbocycles.